The highest BCUT2D eigenvalue weighted by Crippen LogP contribution is 2.20. The molecule has 2 aromatic rings. The molecule has 0 heterocycles. The first-order valence-corrected chi connectivity index (χ1v) is 7.35. The van der Waals surface area contributed by atoms with Crippen LogP contribution in [0.25, 0.3) is 0 Å². The zero-order valence-electron chi connectivity index (χ0n) is 11.6. The Morgan fingerprint density at radius 2 is 1.71 bits per heavy atom. The van der Waals surface area contributed by atoms with Gasteiger partial charge in [0.2, 0.25) is 5.91 Å². The number of aryl methyl sites for hydroxylation is 1. The monoisotopic (exact) mass is 322 g/mol. The van der Waals surface area contributed by atoms with Crippen LogP contribution in [-0.4, -0.2) is 12.5 Å². The number of hydrogen-bond donors (Lipinski definition) is 2. The molecule has 0 aromatic heterocycles. The first-order chi connectivity index (χ1) is 10.0. The molecule has 0 aliphatic heterocycles. The number of nitrogens with one attached hydrogen (secondary N) is 2. The highest BCUT2D eigenvalue weighted by Gasteiger charge is 2.04. The van der Waals surface area contributed by atoms with E-state index in [1.54, 1.807) is 18.2 Å². The maximum absolute atomic E-state index is 11.8. The molecule has 21 heavy (non-hydrogen) atoms. The number of benzene rings is 2. The molecule has 0 aliphatic rings. The van der Waals surface area contributed by atoms with Crippen LogP contribution in [0.2, 0.25) is 10.0 Å². The summed E-state index contributed by atoms with van der Waals surface area (Å²) < 4.78 is 0. The molecule has 2 N–H and O–H groups in total. The third-order valence-electron chi connectivity index (χ3n) is 2.98. The van der Waals surface area contributed by atoms with Gasteiger partial charge in [0.15, 0.2) is 0 Å². The Morgan fingerprint density at radius 3 is 2.38 bits per heavy atom. The third kappa shape index (κ3) is 4.96. The number of carbonyl (C=O) groups is 1. The van der Waals surface area contributed by atoms with Crippen LogP contribution in [0.1, 0.15) is 12.0 Å². The van der Waals surface area contributed by atoms with Crippen LogP contribution < -0.4 is 10.6 Å². The molecule has 0 aliphatic carbocycles. The van der Waals surface area contributed by atoms with Gasteiger partial charge in [-0.3, -0.25) is 4.79 Å². The lowest BCUT2D eigenvalue weighted by atomic mass is 10.2. The predicted molar refractivity (Wildman–Crippen MR) is 89.4 cm³/mol. The molecule has 110 valence electrons. The summed E-state index contributed by atoms with van der Waals surface area (Å²) in [5, 5.41) is 7.32. The van der Waals surface area contributed by atoms with E-state index in [-0.39, 0.29) is 5.91 Å². The summed E-state index contributed by atoms with van der Waals surface area (Å²) in [5.74, 6) is -0.0589. The summed E-state index contributed by atoms with van der Waals surface area (Å²) in [6.07, 6.45) is 0.369. The van der Waals surface area contributed by atoms with Crippen molar-refractivity contribution < 1.29 is 4.79 Å². The standard InChI is InChI=1S/C16H16Cl2N2O/c1-11-2-5-14(10-15(11)18)20-16(21)8-9-19-13-6-3-12(17)4-7-13/h2-7,10,19H,8-9H2,1H3,(H,20,21). The molecule has 0 atom stereocenters. The molecular formula is C16H16Cl2N2O. The average molecular weight is 323 g/mol. The van der Waals surface area contributed by atoms with E-state index in [9.17, 15) is 4.79 Å². The van der Waals surface area contributed by atoms with Gasteiger partial charge in [0.05, 0.1) is 0 Å². The second-order valence-electron chi connectivity index (χ2n) is 4.70. The quantitative estimate of drug-likeness (QED) is 0.834. The molecule has 0 spiro atoms. The van der Waals surface area contributed by atoms with E-state index < -0.39 is 0 Å². The van der Waals surface area contributed by atoms with Crippen LogP contribution in [0.15, 0.2) is 42.5 Å². The summed E-state index contributed by atoms with van der Waals surface area (Å²) in [4.78, 5) is 11.8. The Labute approximate surface area is 134 Å². The summed E-state index contributed by atoms with van der Waals surface area (Å²) >= 11 is 11.8. The van der Waals surface area contributed by atoms with Gasteiger partial charge in [-0.05, 0) is 48.9 Å². The fraction of sp³-hybridized carbons (Fsp3) is 0.188. The van der Waals surface area contributed by atoms with Crippen LogP contribution >= 0.6 is 23.2 Å². The van der Waals surface area contributed by atoms with Crippen LogP contribution in [-0.2, 0) is 4.79 Å². The number of anilines is 2. The second kappa shape index (κ2) is 7.34. The average Bonchev–Trinajstić information content (AvgIpc) is 2.45. The first kappa shape index (κ1) is 15.7. The molecule has 1 amide bonds. The van der Waals surface area contributed by atoms with E-state index in [1.165, 1.54) is 0 Å². The van der Waals surface area contributed by atoms with Crippen molar-refractivity contribution in [2.75, 3.05) is 17.2 Å². The zero-order valence-corrected chi connectivity index (χ0v) is 13.1. The Morgan fingerprint density at radius 1 is 1.05 bits per heavy atom. The van der Waals surface area contributed by atoms with Crippen molar-refractivity contribution in [3.63, 3.8) is 0 Å². The molecule has 2 aromatic carbocycles. The van der Waals surface area contributed by atoms with Crippen molar-refractivity contribution >= 4 is 40.5 Å². The lowest BCUT2D eigenvalue weighted by Crippen LogP contribution is -2.16. The normalized spacial score (nSPS) is 10.2. The molecule has 0 radical (unpaired) electrons. The van der Waals surface area contributed by atoms with E-state index in [0.717, 1.165) is 11.3 Å². The molecule has 5 heteroatoms. The first-order valence-electron chi connectivity index (χ1n) is 6.60. The van der Waals surface area contributed by atoms with Crippen LogP contribution in [0.3, 0.4) is 0 Å². The summed E-state index contributed by atoms with van der Waals surface area (Å²) in [7, 11) is 0. The van der Waals surface area contributed by atoms with Gasteiger partial charge in [-0.25, -0.2) is 0 Å². The summed E-state index contributed by atoms with van der Waals surface area (Å²) in [6, 6.07) is 12.8. The topological polar surface area (TPSA) is 41.1 Å². The number of carbonyl (C=O) groups excluding carboxylic acids is 1. The van der Waals surface area contributed by atoms with Gasteiger partial charge >= 0.3 is 0 Å². The SMILES string of the molecule is Cc1ccc(NC(=O)CCNc2ccc(Cl)cc2)cc1Cl. The molecule has 0 bridgehead atoms. The highest BCUT2D eigenvalue weighted by atomic mass is 35.5. The minimum atomic E-state index is -0.0589. The van der Waals surface area contributed by atoms with E-state index >= 15 is 0 Å². The number of hydrogen-bond acceptors (Lipinski definition) is 2. The number of amides is 1. The largest absolute Gasteiger partial charge is 0.385 e. The molecule has 0 saturated heterocycles. The Balaban J connectivity index is 1.79. The van der Waals surface area contributed by atoms with Gasteiger partial charge in [-0.1, -0.05) is 29.3 Å². The van der Waals surface area contributed by atoms with Crippen LogP contribution in [0, 0.1) is 6.92 Å². The second-order valence-corrected chi connectivity index (χ2v) is 5.54. The minimum absolute atomic E-state index is 0.0589. The lowest BCUT2D eigenvalue weighted by Gasteiger charge is -2.08. The summed E-state index contributed by atoms with van der Waals surface area (Å²) in [6.45, 7) is 2.47. The van der Waals surface area contributed by atoms with Crippen molar-refractivity contribution in [2.24, 2.45) is 0 Å². The van der Waals surface area contributed by atoms with Crippen molar-refractivity contribution in [2.45, 2.75) is 13.3 Å². The maximum atomic E-state index is 11.8. The Hall–Kier alpha value is -1.71. The molecule has 0 saturated carbocycles. The fourth-order valence-corrected chi connectivity index (χ4v) is 2.09. The van der Waals surface area contributed by atoms with Crippen LogP contribution in [0.4, 0.5) is 11.4 Å². The number of halogens is 2. The van der Waals surface area contributed by atoms with Gasteiger partial charge in [0, 0.05) is 34.4 Å². The predicted octanol–water partition coefficient (Wildman–Crippen LogP) is 4.74. The number of rotatable bonds is 5. The van der Waals surface area contributed by atoms with E-state index in [4.69, 9.17) is 23.2 Å². The van der Waals surface area contributed by atoms with Crippen molar-refractivity contribution in [1.29, 1.82) is 0 Å². The maximum Gasteiger partial charge on any atom is 0.226 e. The fourth-order valence-electron chi connectivity index (χ4n) is 1.78. The van der Waals surface area contributed by atoms with Crippen molar-refractivity contribution in [3.05, 3.63) is 58.1 Å². The Bertz CT molecular complexity index is 627. The van der Waals surface area contributed by atoms with Crippen molar-refractivity contribution in [3.8, 4) is 0 Å². The molecular weight excluding hydrogens is 307 g/mol. The van der Waals surface area contributed by atoms with Crippen molar-refractivity contribution in [1.82, 2.24) is 0 Å². The zero-order chi connectivity index (χ0) is 15.2. The lowest BCUT2D eigenvalue weighted by molar-refractivity contribution is -0.115. The molecule has 3 nitrogen and oxygen atoms in total. The molecule has 2 rings (SSSR count). The minimum Gasteiger partial charge on any atom is -0.385 e. The Kier molecular flexibility index (Phi) is 5.48. The van der Waals surface area contributed by atoms with Gasteiger partial charge in [-0.2, -0.15) is 0 Å². The van der Waals surface area contributed by atoms with Gasteiger partial charge in [-0.15, -0.1) is 0 Å². The highest BCUT2D eigenvalue weighted by molar-refractivity contribution is 6.31. The van der Waals surface area contributed by atoms with Gasteiger partial charge in [0.1, 0.15) is 0 Å². The van der Waals surface area contributed by atoms with Gasteiger partial charge in [0.25, 0.3) is 0 Å². The smallest absolute Gasteiger partial charge is 0.226 e. The molecule has 0 unspecified atom stereocenters. The molecule has 0 fully saturated rings. The van der Waals surface area contributed by atoms with E-state index in [2.05, 4.69) is 10.6 Å². The van der Waals surface area contributed by atoms with E-state index in [1.807, 2.05) is 31.2 Å². The third-order valence-corrected chi connectivity index (χ3v) is 3.64. The van der Waals surface area contributed by atoms with Gasteiger partial charge < -0.3 is 10.6 Å². The van der Waals surface area contributed by atoms with E-state index in [0.29, 0.717) is 28.7 Å². The summed E-state index contributed by atoms with van der Waals surface area (Å²) in [5.41, 5.74) is 2.63. The van der Waals surface area contributed by atoms with Crippen LogP contribution in [0.5, 0.6) is 0 Å².